The third-order valence-corrected chi connectivity index (χ3v) is 4.38. The molecule has 2 saturated heterocycles. The Kier molecular flexibility index (Phi) is 3.70. The van der Waals surface area contributed by atoms with E-state index in [1.165, 1.54) is 51.9 Å². The van der Waals surface area contributed by atoms with Crippen molar-refractivity contribution in [2.75, 3.05) is 26.2 Å². The van der Waals surface area contributed by atoms with Gasteiger partial charge in [-0.15, -0.1) is 6.58 Å². The lowest BCUT2D eigenvalue weighted by atomic mass is 10.0. The van der Waals surface area contributed by atoms with Crippen molar-refractivity contribution in [2.24, 2.45) is 0 Å². The predicted molar refractivity (Wildman–Crippen MR) is 69.7 cm³/mol. The number of nitrogens with zero attached hydrogens (tertiary/aromatic N) is 2. The Bertz CT molecular complexity index is 241. The van der Waals surface area contributed by atoms with Crippen LogP contribution in [0.2, 0.25) is 0 Å². The van der Waals surface area contributed by atoms with Gasteiger partial charge in [0, 0.05) is 24.7 Å². The van der Waals surface area contributed by atoms with E-state index in [-0.39, 0.29) is 5.54 Å². The summed E-state index contributed by atoms with van der Waals surface area (Å²) in [7, 11) is 0. The molecular weight excluding hydrogens is 196 g/mol. The average Bonchev–Trinajstić information content (AvgIpc) is 2.80. The van der Waals surface area contributed by atoms with Crippen molar-refractivity contribution in [2.45, 2.75) is 51.1 Å². The van der Waals surface area contributed by atoms with Crippen LogP contribution in [0.1, 0.15) is 39.5 Å². The molecule has 0 N–H and O–H groups in total. The van der Waals surface area contributed by atoms with Crippen molar-refractivity contribution in [1.29, 1.82) is 0 Å². The minimum Gasteiger partial charge on any atom is -0.299 e. The van der Waals surface area contributed by atoms with E-state index in [9.17, 15) is 0 Å². The Morgan fingerprint density at radius 3 is 2.44 bits per heavy atom. The summed E-state index contributed by atoms with van der Waals surface area (Å²) < 4.78 is 0. The Hall–Kier alpha value is -0.340. The van der Waals surface area contributed by atoms with Crippen LogP contribution >= 0.6 is 0 Å². The molecule has 92 valence electrons. The molecule has 0 aliphatic carbocycles. The molecule has 0 aromatic heterocycles. The minimum atomic E-state index is 0.171. The zero-order valence-corrected chi connectivity index (χ0v) is 10.9. The zero-order chi connectivity index (χ0) is 11.6. The second-order valence-electron chi connectivity index (χ2n) is 5.84. The summed E-state index contributed by atoms with van der Waals surface area (Å²) in [5.74, 6) is 0. The topological polar surface area (TPSA) is 6.48 Å². The molecule has 0 spiro atoms. The van der Waals surface area contributed by atoms with Crippen LogP contribution < -0.4 is 0 Å². The van der Waals surface area contributed by atoms with Gasteiger partial charge >= 0.3 is 0 Å². The van der Waals surface area contributed by atoms with E-state index in [1.54, 1.807) is 0 Å². The second kappa shape index (κ2) is 4.89. The molecule has 0 radical (unpaired) electrons. The number of likely N-dealkylation sites (tertiary alicyclic amines) is 2. The third-order valence-electron chi connectivity index (χ3n) is 4.38. The lowest BCUT2D eigenvalue weighted by Gasteiger charge is -2.35. The van der Waals surface area contributed by atoms with Gasteiger partial charge in [-0.1, -0.05) is 12.5 Å². The summed E-state index contributed by atoms with van der Waals surface area (Å²) >= 11 is 0. The summed E-state index contributed by atoms with van der Waals surface area (Å²) in [4.78, 5) is 5.29. The summed E-state index contributed by atoms with van der Waals surface area (Å²) in [5.41, 5.74) is 0.171. The molecule has 2 heteroatoms. The molecular formula is C14H26N2. The first-order chi connectivity index (χ1) is 7.63. The molecule has 1 atom stereocenters. The predicted octanol–water partition coefficient (Wildman–Crippen LogP) is 2.51. The Balaban J connectivity index is 1.89. The van der Waals surface area contributed by atoms with Crippen molar-refractivity contribution < 1.29 is 0 Å². The second-order valence-corrected chi connectivity index (χ2v) is 5.84. The van der Waals surface area contributed by atoms with Gasteiger partial charge in [-0.25, -0.2) is 0 Å². The van der Waals surface area contributed by atoms with E-state index in [0.29, 0.717) is 0 Å². The summed E-state index contributed by atoms with van der Waals surface area (Å²) in [6.45, 7) is 13.6. The molecule has 2 rings (SSSR count). The molecule has 2 aliphatic rings. The maximum atomic E-state index is 3.96. The molecule has 2 fully saturated rings. The number of rotatable bonds is 3. The molecule has 0 aromatic rings. The Labute approximate surface area is 100 Å². The van der Waals surface area contributed by atoms with Crippen LogP contribution in [0.5, 0.6) is 0 Å². The van der Waals surface area contributed by atoms with Crippen LogP contribution in [-0.4, -0.2) is 47.6 Å². The molecule has 2 aliphatic heterocycles. The van der Waals surface area contributed by atoms with Crippen LogP contribution in [-0.2, 0) is 0 Å². The van der Waals surface area contributed by atoms with E-state index in [1.807, 2.05) is 0 Å². The molecule has 0 saturated carbocycles. The van der Waals surface area contributed by atoms with Crippen molar-refractivity contribution in [3.8, 4) is 0 Å². The highest BCUT2D eigenvalue weighted by Crippen LogP contribution is 2.26. The molecule has 2 nitrogen and oxygen atoms in total. The van der Waals surface area contributed by atoms with E-state index in [0.717, 1.165) is 6.04 Å². The largest absolute Gasteiger partial charge is 0.299 e. The maximum absolute atomic E-state index is 3.96. The Morgan fingerprint density at radius 2 is 1.81 bits per heavy atom. The molecule has 0 unspecified atom stereocenters. The van der Waals surface area contributed by atoms with Crippen molar-refractivity contribution in [1.82, 2.24) is 9.80 Å². The highest BCUT2D eigenvalue weighted by atomic mass is 15.3. The fourth-order valence-corrected chi connectivity index (χ4v) is 2.98. The van der Waals surface area contributed by atoms with Crippen LogP contribution in [0.25, 0.3) is 0 Å². The SMILES string of the molecule is C=CC(C)(C)N1CC[C@@H](N2CCCCC2)C1. The standard InChI is InChI=1S/C14H26N2/c1-4-14(2,3)16-11-8-13(12-16)15-9-6-5-7-10-15/h4,13H,1,5-12H2,2-3H3/t13-/m1/s1. The molecule has 2 heterocycles. The van der Waals surface area contributed by atoms with E-state index >= 15 is 0 Å². The number of hydrogen-bond donors (Lipinski definition) is 0. The summed E-state index contributed by atoms with van der Waals surface area (Å²) in [6, 6.07) is 0.805. The summed E-state index contributed by atoms with van der Waals surface area (Å²) in [5, 5.41) is 0. The van der Waals surface area contributed by atoms with Crippen LogP contribution in [0, 0.1) is 0 Å². The van der Waals surface area contributed by atoms with Gasteiger partial charge in [0.25, 0.3) is 0 Å². The van der Waals surface area contributed by atoms with Gasteiger partial charge in [0.1, 0.15) is 0 Å². The van der Waals surface area contributed by atoms with Crippen molar-refractivity contribution >= 4 is 0 Å². The lowest BCUT2D eigenvalue weighted by molar-refractivity contribution is 0.141. The first-order valence-corrected chi connectivity index (χ1v) is 6.76. The quantitative estimate of drug-likeness (QED) is 0.677. The highest BCUT2D eigenvalue weighted by molar-refractivity contribution is 5.01. The monoisotopic (exact) mass is 222 g/mol. The molecule has 16 heavy (non-hydrogen) atoms. The van der Waals surface area contributed by atoms with Gasteiger partial charge in [-0.3, -0.25) is 9.80 Å². The first-order valence-electron chi connectivity index (χ1n) is 6.76. The van der Waals surface area contributed by atoms with Gasteiger partial charge in [-0.05, 0) is 46.2 Å². The van der Waals surface area contributed by atoms with Crippen LogP contribution in [0.3, 0.4) is 0 Å². The van der Waals surface area contributed by atoms with Crippen molar-refractivity contribution in [3.05, 3.63) is 12.7 Å². The lowest BCUT2D eigenvalue weighted by Crippen LogP contribution is -2.45. The van der Waals surface area contributed by atoms with Crippen molar-refractivity contribution in [3.63, 3.8) is 0 Å². The smallest absolute Gasteiger partial charge is 0.0333 e. The normalized spacial score (nSPS) is 29.5. The fourth-order valence-electron chi connectivity index (χ4n) is 2.98. The van der Waals surface area contributed by atoms with E-state index in [4.69, 9.17) is 0 Å². The van der Waals surface area contributed by atoms with Gasteiger partial charge < -0.3 is 0 Å². The first kappa shape index (κ1) is 12.1. The van der Waals surface area contributed by atoms with E-state index in [2.05, 4.69) is 36.3 Å². The zero-order valence-electron chi connectivity index (χ0n) is 10.9. The number of piperidine rings is 1. The molecule has 0 amide bonds. The average molecular weight is 222 g/mol. The van der Waals surface area contributed by atoms with Gasteiger partial charge in [0.05, 0.1) is 0 Å². The Morgan fingerprint density at radius 1 is 1.12 bits per heavy atom. The van der Waals surface area contributed by atoms with Crippen LogP contribution in [0.15, 0.2) is 12.7 Å². The number of hydrogen-bond acceptors (Lipinski definition) is 2. The minimum absolute atomic E-state index is 0.171. The van der Waals surface area contributed by atoms with Gasteiger partial charge in [-0.2, -0.15) is 0 Å². The highest BCUT2D eigenvalue weighted by Gasteiger charge is 2.34. The molecule has 0 aromatic carbocycles. The fraction of sp³-hybridized carbons (Fsp3) is 0.857. The van der Waals surface area contributed by atoms with Gasteiger partial charge in [0.15, 0.2) is 0 Å². The van der Waals surface area contributed by atoms with Crippen LogP contribution in [0.4, 0.5) is 0 Å². The van der Waals surface area contributed by atoms with E-state index < -0.39 is 0 Å². The molecule has 0 bridgehead atoms. The third kappa shape index (κ3) is 2.49. The maximum Gasteiger partial charge on any atom is 0.0333 e. The summed E-state index contributed by atoms with van der Waals surface area (Å²) in [6.07, 6.45) is 7.68. The van der Waals surface area contributed by atoms with Gasteiger partial charge in [0.2, 0.25) is 0 Å².